The summed E-state index contributed by atoms with van der Waals surface area (Å²) in [5.41, 5.74) is 3.51. The highest BCUT2D eigenvalue weighted by Gasteiger charge is 2.21. The molecular formula is C20H23Cl2F2N3. The van der Waals surface area contributed by atoms with Crippen molar-refractivity contribution in [1.82, 2.24) is 15.2 Å². The van der Waals surface area contributed by atoms with Crippen LogP contribution in [0.3, 0.4) is 0 Å². The maximum absolute atomic E-state index is 13.7. The van der Waals surface area contributed by atoms with Crippen molar-refractivity contribution in [1.29, 1.82) is 0 Å². The van der Waals surface area contributed by atoms with Gasteiger partial charge in [-0.3, -0.25) is 0 Å². The molecular weight excluding hydrogens is 391 g/mol. The molecule has 3 aromatic rings. The fraction of sp³-hybridized carbons (Fsp3) is 0.300. The molecule has 2 N–H and O–H groups in total. The standard InChI is InChI=1S/C20H21F2N3.2ClH/c1-25-8-7-23-16(12-25)11-18-17-6-5-15(22)10-19(17)24-20(18)13-3-2-4-14(21)9-13;;/h2-6,9-10,16,23-24H,7-8,11-12H2,1H3;2*1H/t16-;;/m0../s1. The second-order valence-electron chi connectivity index (χ2n) is 6.80. The van der Waals surface area contributed by atoms with Crippen LogP contribution in [-0.4, -0.2) is 42.6 Å². The van der Waals surface area contributed by atoms with Gasteiger partial charge in [-0.05, 0) is 49.4 Å². The molecule has 1 aromatic heterocycles. The number of halogens is 4. The third-order valence-corrected chi connectivity index (χ3v) is 4.89. The molecule has 7 heteroatoms. The summed E-state index contributed by atoms with van der Waals surface area (Å²) < 4.78 is 27.4. The fourth-order valence-corrected chi connectivity index (χ4v) is 3.70. The van der Waals surface area contributed by atoms with E-state index in [1.165, 1.54) is 24.3 Å². The van der Waals surface area contributed by atoms with Crippen molar-refractivity contribution in [3.63, 3.8) is 0 Å². The molecule has 2 aromatic carbocycles. The Bertz CT molecular complexity index is 913. The second-order valence-corrected chi connectivity index (χ2v) is 6.80. The van der Waals surface area contributed by atoms with Crippen LogP contribution in [0.5, 0.6) is 0 Å². The van der Waals surface area contributed by atoms with Crippen LogP contribution in [-0.2, 0) is 6.42 Å². The van der Waals surface area contributed by atoms with Crippen LogP contribution < -0.4 is 5.32 Å². The van der Waals surface area contributed by atoms with Gasteiger partial charge in [0.15, 0.2) is 0 Å². The van der Waals surface area contributed by atoms with E-state index in [0.29, 0.717) is 6.04 Å². The van der Waals surface area contributed by atoms with E-state index in [1.54, 1.807) is 6.07 Å². The number of H-pyrrole nitrogens is 1. The third kappa shape index (κ3) is 4.61. The number of aromatic nitrogens is 1. The summed E-state index contributed by atoms with van der Waals surface area (Å²) in [5.74, 6) is -0.551. The van der Waals surface area contributed by atoms with Crippen LogP contribution in [0.4, 0.5) is 8.78 Å². The Kier molecular flexibility index (Phi) is 7.23. The van der Waals surface area contributed by atoms with Crippen molar-refractivity contribution >= 4 is 35.7 Å². The molecule has 0 radical (unpaired) electrons. The average molecular weight is 414 g/mol. The topological polar surface area (TPSA) is 31.1 Å². The Morgan fingerprint density at radius 3 is 2.59 bits per heavy atom. The molecule has 0 amide bonds. The fourth-order valence-electron chi connectivity index (χ4n) is 3.70. The van der Waals surface area contributed by atoms with Gasteiger partial charge in [-0.1, -0.05) is 12.1 Å². The van der Waals surface area contributed by atoms with E-state index in [1.807, 2.05) is 12.1 Å². The van der Waals surface area contributed by atoms with Gasteiger partial charge in [0.25, 0.3) is 0 Å². The van der Waals surface area contributed by atoms with E-state index in [9.17, 15) is 8.78 Å². The van der Waals surface area contributed by atoms with Crippen LogP contribution >= 0.6 is 24.8 Å². The molecule has 146 valence electrons. The molecule has 0 aliphatic carbocycles. The van der Waals surface area contributed by atoms with Crippen molar-refractivity contribution in [3.05, 3.63) is 59.7 Å². The molecule has 0 bridgehead atoms. The summed E-state index contributed by atoms with van der Waals surface area (Å²) in [6, 6.07) is 11.6. The third-order valence-electron chi connectivity index (χ3n) is 4.89. The first-order valence-electron chi connectivity index (χ1n) is 8.58. The maximum Gasteiger partial charge on any atom is 0.125 e. The molecule has 4 rings (SSSR count). The predicted octanol–water partition coefficient (Wildman–Crippen LogP) is 4.40. The Morgan fingerprint density at radius 1 is 1.07 bits per heavy atom. The minimum absolute atomic E-state index is 0. The monoisotopic (exact) mass is 413 g/mol. The summed E-state index contributed by atoms with van der Waals surface area (Å²) >= 11 is 0. The summed E-state index contributed by atoms with van der Waals surface area (Å²) in [6.07, 6.45) is 0.807. The Balaban J connectivity index is 0.00000131. The maximum atomic E-state index is 13.7. The van der Waals surface area contributed by atoms with E-state index in [-0.39, 0.29) is 36.4 Å². The van der Waals surface area contributed by atoms with E-state index < -0.39 is 0 Å². The first-order valence-corrected chi connectivity index (χ1v) is 8.58. The minimum Gasteiger partial charge on any atom is -0.354 e. The van der Waals surface area contributed by atoms with Gasteiger partial charge >= 0.3 is 0 Å². The molecule has 1 saturated heterocycles. The zero-order chi connectivity index (χ0) is 17.4. The van der Waals surface area contributed by atoms with Crippen LogP contribution in [0.25, 0.3) is 22.2 Å². The number of nitrogens with zero attached hydrogens (tertiary/aromatic N) is 1. The molecule has 27 heavy (non-hydrogen) atoms. The van der Waals surface area contributed by atoms with E-state index in [4.69, 9.17) is 0 Å². The number of rotatable bonds is 3. The Hall–Kier alpha value is -1.66. The van der Waals surface area contributed by atoms with Crippen LogP contribution in [0, 0.1) is 11.6 Å². The number of hydrogen-bond acceptors (Lipinski definition) is 2. The number of benzene rings is 2. The van der Waals surface area contributed by atoms with Crippen LogP contribution in [0.1, 0.15) is 5.56 Å². The van der Waals surface area contributed by atoms with Crippen molar-refractivity contribution in [2.24, 2.45) is 0 Å². The predicted molar refractivity (Wildman–Crippen MR) is 111 cm³/mol. The minimum atomic E-state index is -0.276. The molecule has 1 aliphatic heterocycles. The SMILES string of the molecule is CN1CCN[C@@H](Cc2c(-c3cccc(F)c3)[nH]c3cc(F)ccc23)C1.Cl.Cl. The smallest absolute Gasteiger partial charge is 0.125 e. The zero-order valence-electron chi connectivity index (χ0n) is 15.0. The summed E-state index contributed by atoms with van der Waals surface area (Å²) in [4.78, 5) is 5.60. The average Bonchev–Trinajstić information content (AvgIpc) is 2.92. The number of nitrogens with one attached hydrogen (secondary N) is 2. The van der Waals surface area contributed by atoms with Gasteiger partial charge in [0, 0.05) is 47.8 Å². The molecule has 0 spiro atoms. The number of aromatic amines is 1. The lowest BCUT2D eigenvalue weighted by Crippen LogP contribution is -2.49. The second kappa shape index (κ2) is 9.02. The van der Waals surface area contributed by atoms with Gasteiger partial charge in [-0.2, -0.15) is 0 Å². The Labute approximate surface area is 170 Å². The quantitative estimate of drug-likeness (QED) is 0.666. The highest BCUT2D eigenvalue weighted by atomic mass is 35.5. The lowest BCUT2D eigenvalue weighted by Gasteiger charge is -2.31. The number of hydrogen-bond donors (Lipinski definition) is 2. The lowest BCUT2D eigenvalue weighted by atomic mass is 9.97. The first-order chi connectivity index (χ1) is 12.1. The highest BCUT2D eigenvalue weighted by molar-refractivity contribution is 5.91. The molecule has 1 aliphatic rings. The summed E-state index contributed by atoms with van der Waals surface area (Å²) in [5, 5.41) is 4.55. The zero-order valence-corrected chi connectivity index (χ0v) is 16.6. The van der Waals surface area contributed by atoms with Crippen molar-refractivity contribution in [3.8, 4) is 11.3 Å². The summed E-state index contributed by atoms with van der Waals surface area (Å²) in [6.45, 7) is 2.94. The lowest BCUT2D eigenvalue weighted by molar-refractivity contribution is 0.238. The molecule has 2 heterocycles. The first kappa shape index (κ1) is 21.6. The molecule has 1 fully saturated rings. The summed E-state index contributed by atoms with van der Waals surface area (Å²) in [7, 11) is 2.12. The van der Waals surface area contributed by atoms with Crippen LogP contribution in [0.2, 0.25) is 0 Å². The van der Waals surface area contributed by atoms with Crippen molar-refractivity contribution in [2.75, 3.05) is 26.7 Å². The number of piperazine rings is 1. The highest BCUT2D eigenvalue weighted by Crippen LogP contribution is 2.32. The normalized spacial score (nSPS) is 17.4. The van der Waals surface area contributed by atoms with Gasteiger partial charge in [-0.25, -0.2) is 8.78 Å². The van der Waals surface area contributed by atoms with Gasteiger partial charge in [0.1, 0.15) is 11.6 Å². The van der Waals surface area contributed by atoms with Crippen molar-refractivity contribution < 1.29 is 8.78 Å². The van der Waals surface area contributed by atoms with E-state index in [0.717, 1.165) is 53.8 Å². The number of fused-ring (bicyclic) bond motifs is 1. The van der Waals surface area contributed by atoms with Crippen molar-refractivity contribution in [2.45, 2.75) is 12.5 Å². The van der Waals surface area contributed by atoms with Crippen LogP contribution in [0.15, 0.2) is 42.5 Å². The van der Waals surface area contributed by atoms with Gasteiger partial charge in [-0.15, -0.1) is 24.8 Å². The number of likely N-dealkylation sites (N-methyl/N-ethyl adjacent to an activating group) is 1. The van der Waals surface area contributed by atoms with E-state index in [2.05, 4.69) is 22.2 Å². The Morgan fingerprint density at radius 2 is 1.85 bits per heavy atom. The molecule has 0 unspecified atom stereocenters. The van der Waals surface area contributed by atoms with Gasteiger partial charge in [0.2, 0.25) is 0 Å². The molecule has 0 saturated carbocycles. The molecule has 3 nitrogen and oxygen atoms in total. The van der Waals surface area contributed by atoms with Gasteiger partial charge < -0.3 is 15.2 Å². The van der Waals surface area contributed by atoms with Gasteiger partial charge in [0.05, 0.1) is 0 Å². The van der Waals surface area contributed by atoms with E-state index >= 15 is 0 Å². The largest absolute Gasteiger partial charge is 0.354 e. The molecule has 1 atom stereocenters.